The number of Topliss-reactive ketones (excluding diaryl/α,β-unsaturated/α-hetero) is 1. The first-order valence-corrected chi connectivity index (χ1v) is 9.65. The molecule has 0 spiro atoms. The quantitative estimate of drug-likeness (QED) is 0.738. The van der Waals surface area contributed by atoms with Crippen molar-refractivity contribution in [3.05, 3.63) is 57.3 Å². The predicted molar refractivity (Wildman–Crippen MR) is 101 cm³/mol. The van der Waals surface area contributed by atoms with E-state index in [9.17, 15) is 4.79 Å². The maximum atomic E-state index is 15.1. The van der Waals surface area contributed by atoms with E-state index in [1.807, 2.05) is 31.2 Å². The first kappa shape index (κ1) is 17.6. The Morgan fingerprint density at radius 3 is 2.85 bits per heavy atom. The van der Waals surface area contributed by atoms with Gasteiger partial charge in [-0.05, 0) is 30.5 Å². The first-order chi connectivity index (χ1) is 12.3. The highest BCUT2D eigenvalue weighted by molar-refractivity contribution is 9.10. The van der Waals surface area contributed by atoms with Crippen LogP contribution in [-0.4, -0.2) is 18.1 Å². The second-order valence-corrected chi connectivity index (χ2v) is 8.79. The highest BCUT2D eigenvalue weighted by atomic mass is 79.9. The van der Waals surface area contributed by atoms with Crippen molar-refractivity contribution in [1.29, 1.82) is 0 Å². The summed E-state index contributed by atoms with van der Waals surface area (Å²) in [6.45, 7) is 5.64. The lowest BCUT2D eigenvalue weighted by Gasteiger charge is -2.48. The molecule has 0 saturated heterocycles. The molecule has 0 radical (unpaired) electrons. The van der Waals surface area contributed by atoms with E-state index in [-0.39, 0.29) is 6.17 Å². The third kappa shape index (κ3) is 2.27. The Morgan fingerprint density at radius 2 is 2.15 bits per heavy atom. The van der Waals surface area contributed by atoms with Gasteiger partial charge in [-0.1, -0.05) is 48.8 Å². The molecule has 1 aliphatic carbocycles. The number of rotatable bonds is 2. The van der Waals surface area contributed by atoms with E-state index < -0.39 is 22.8 Å². The molecule has 0 amide bonds. The van der Waals surface area contributed by atoms with Gasteiger partial charge in [0.25, 0.3) is 0 Å². The highest BCUT2D eigenvalue weighted by Gasteiger charge is 2.56. The number of hydrogen-bond donors (Lipinski definition) is 1. The van der Waals surface area contributed by atoms with Gasteiger partial charge in [0, 0.05) is 26.7 Å². The molecule has 2 heterocycles. The number of allylic oxidation sites excluding steroid dienone is 2. The Labute approximate surface area is 160 Å². The van der Waals surface area contributed by atoms with Gasteiger partial charge in [0.1, 0.15) is 0 Å². The molecule has 2 aliphatic heterocycles. The van der Waals surface area contributed by atoms with Crippen LogP contribution in [0, 0.1) is 5.41 Å². The van der Waals surface area contributed by atoms with E-state index in [4.69, 9.17) is 0 Å². The summed E-state index contributed by atoms with van der Waals surface area (Å²) < 4.78 is 16.0. The van der Waals surface area contributed by atoms with Gasteiger partial charge in [0.15, 0.2) is 18.1 Å². The molecule has 0 bridgehead atoms. The van der Waals surface area contributed by atoms with Crippen molar-refractivity contribution in [2.75, 3.05) is 0 Å². The molecule has 26 heavy (non-hydrogen) atoms. The lowest BCUT2D eigenvalue weighted by atomic mass is 9.58. The van der Waals surface area contributed by atoms with E-state index in [0.29, 0.717) is 18.4 Å². The number of azo groups is 1. The topological polar surface area (TPSA) is 53.8 Å². The zero-order valence-electron chi connectivity index (χ0n) is 15.0. The number of carbonyl (C=O) groups is 1. The molecular weight excluding hydrogens is 397 g/mol. The number of halogens is 2. The molecule has 0 aromatic heterocycles. The number of alkyl halides is 1. The Bertz CT molecular complexity index is 889. The largest absolute Gasteiger partial charge is 0.362 e. The molecule has 3 aliphatic rings. The Kier molecular flexibility index (Phi) is 3.95. The van der Waals surface area contributed by atoms with Crippen molar-refractivity contribution in [2.45, 2.75) is 51.4 Å². The van der Waals surface area contributed by atoms with Gasteiger partial charge >= 0.3 is 0 Å². The minimum Gasteiger partial charge on any atom is -0.362 e. The van der Waals surface area contributed by atoms with Gasteiger partial charge in [-0.3, -0.25) is 4.79 Å². The zero-order chi connectivity index (χ0) is 18.7. The van der Waals surface area contributed by atoms with Crippen molar-refractivity contribution in [3.8, 4) is 0 Å². The van der Waals surface area contributed by atoms with Crippen molar-refractivity contribution in [3.63, 3.8) is 0 Å². The lowest BCUT2D eigenvalue weighted by Crippen LogP contribution is -2.54. The minimum absolute atomic E-state index is 0.299. The average Bonchev–Trinajstić information content (AvgIpc) is 3.06. The van der Waals surface area contributed by atoms with Crippen LogP contribution >= 0.6 is 15.9 Å². The van der Waals surface area contributed by atoms with Crippen LogP contribution in [-0.2, 0) is 10.2 Å². The molecule has 1 aromatic rings. The fraction of sp³-hybridized carbons (Fsp3) is 0.450. The number of fused-ring (bicyclic) bond motifs is 1. The van der Waals surface area contributed by atoms with Crippen LogP contribution in [0.5, 0.6) is 0 Å². The van der Waals surface area contributed by atoms with Crippen LogP contribution in [0.25, 0.3) is 0 Å². The molecule has 1 N–H and O–H groups in total. The van der Waals surface area contributed by atoms with Gasteiger partial charge in [0.05, 0.1) is 11.6 Å². The Balaban J connectivity index is 2.02. The van der Waals surface area contributed by atoms with Crippen molar-refractivity contribution in [2.24, 2.45) is 15.6 Å². The summed E-state index contributed by atoms with van der Waals surface area (Å²) in [7, 11) is 0. The summed E-state index contributed by atoms with van der Waals surface area (Å²) in [6, 6.07) is 7.90. The summed E-state index contributed by atoms with van der Waals surface area (Å²) >= 11 is 3.53. The number of hydrogen-bond acceptors (Lipinski definition) is 4. The summed E-state index contributed by atoms with van der Waals surface area (Å²) in [5, 5.41) is 11.8. The van der Waals surface area contributed by atoms with E-state index in [1.54, 1.807) is 20.0 Å². The van der Waals surface area contributed by atoms with Gasteiger partial charge in [-0.25, -0.2) is 4.39 Å². The van der Waals surface area contributed by atoms with E-state index >= 15 is 4.39 Å². The standard InChI is InChI=1S/C20H21BrFN3O/c1-4-20(11-6-5-7-12(21)8-11)13-10-23-25-18(13)24-14-9-19(2,3)17(22)16(26)15(14)20/h5-8,10,17-18,24H,4,9H2,1-3H3. The van der Waals surface area contributed by atoms with Gasteiger partial charge in [-0.15, -0.1) is 0 Å². The highest BCUT2D eigenvalue weighted by Crippen LogP contribution is 2.54. The van der Waals surface area contributed by atoms with Crippen molar-refractivity contribution < 1.29 is 9.18 Å². The Morgan fingerprint density at radius 1 is 1.38 bits per heavy atom. The van der Waals surface area contributed by atoms with Gasteiger partial charge in [0.2, 0.25) is 0 Å². The van der Waals surface area contributed by atoms with Crippen LogP contribution in [0.3, 0.4) is 0 Å². The van der Waals surface area contributed by atoms with E-state index in [2.05, 4.69) is 31.5 Å². The summed E-state index contributed by atoms with van der Waals surface area (Å²) in [6.07, 6.45) is 1.02. The number of benzene rings is 1. The molecule has 3 unspecified atom stereocenters. The van der Waals surface area contributed by atoms with Gasteiger partial charge < -0.3 is 5.32 Å². The zero-order valence-corrected chi connectivity index (χ0v) is 16.6. The fourth-order valence-electron chi connectivity index (χ4n) is 4.56. The first-order valence-electron chi connectivity index (χ1n) is 8.86. The van der Waals surface area contributed by atoms with Crippen LogP contribution in [0.4, 0.5) is 4.39 Å². The van der Waals surface area contributed by atoms with Crippen molar-refractivity contribution >= 4 is 21.7 Å². The lowest BCUT2D eigenvalue weighted by molar-refractivity contribution is -0.126. The molecule has 4 nitrogen and oxygen atoms in total. The Hall–Kier alpha value is -1.82. The van der Waals surface area contributed by atoms with Crippen LogP contribution in [0.2, 0.25) is 0 Å². The number of ketones is 1. The minimum atomic E-state index is -1.52. The molecular formula is C20H21BrFN3O. The second kappa shape index (κ2) is 5.84. The maximum Gasteiger partial charge on any atom is 0.196 e. The van der Waals surface area contributed by atoms with Gasteiger partial charge in [-0.2, -0.15) is 10.2 Å². The number of nitrogens with one attached hydrogen (secondary N) is 1. The smallest absolute Gasteiger partial charge is 0.196 e. The normalized spacial score (nSPS) is 32.0. The summed E-state index contributed by atoms with van der Waals surface area (Å²) in [4.78, 5) is 13.2. The molecule has 136 valence electrons. The monoisotopic (exact) mass is 417 g/mol. The molecule has 6 heteroatoms. The summed E-state index contributed by atoms with van der Waals surface area (Å²) in [5.41, 5.74) is 1.77. The summed E-state index contributed by atoms with van der Waals surface area (Å²) in [5.74, 6) is -0.420. The predicted octanol–water partition coefficient (Wildman–Crippen LogP) is 4.97. The maximum absolute atomic E-state index is 15.1. The van der Waals surface area contributed by atoms with Crippen LogP contribution in [0.15, 0.2) is 62.0 Å². The molecule has 0 fully saturated rings. The fourth-order valence-corrected chi connectivity index (χ4v) is 4.96. The molecule has 4 rings (SSSR count). The molecule has 0 saturated carbocycles. The van der Waals surface area contributed by atoms with Crippen LogP contribution < -0.4 is 5.32 Å². The third-order valence-corrected chi connectivity index (χ3v) is 6.34. The second-order valence-electron chi connectivity index (χ2n) is 7.88. The number of carbonyl (C=O) groups excluding carboxylic acids is 1. The SMILES string of the molecule is CCC1(c2cccc(Br)c2)C2=CN=NC2NC2=C1C(=O)C(F)C(C)(C)C2. The molecule has 1 aromatic carbocycles. The van der Waals surface area contributed by atoms with E-state index in [0.717, 1.165) is 21.3 Å². The number of nitrogens with zero attached hydrogens (tertiary/aromatic N) is 2. The van der Waals surface area contributed by atoms with E-state index in [1.165, 1.54) is 0 Å². The van der Waals surface area contributed by atoms with Crippen molar-refractivity contribution in [1.82, 2.24) is 5.32 Å². The molecule has 3 atom stereocenters. The average molecular weight is 418 g/mol. The van der Waals surface area contributed by atoms with Crippen LogP contribution in [0.1, 0.15) is 39.2 Å². The third-order valence-electron chi connectivity index (χ3n) is 5.85.